The van der Waals surface area contributed by atoms with Crippen LogP contribution < -0.4 is 5.73 Å². The van der Waals surface area contributed by atoms with Crippen LogP contribution in [0.4, 0.5) is 5.69 Å². The summed E-state index contributed by atoms with van der Waals surface area (Å²) in [5, 5.41) is 8.98. The third kappa shape index (κ3) is 2.93. The van der Waals surface area contributed by atoms with Gasteiger partial charge in [-0.3, -0.25) is 0 Å². The van der Waals surface area contributed by atoms with Crippen molar-refractivity contribution in [3.63, 3.8) is 0 Å². The second-order valence-electron chi connectivity index (χ2n) is 5.12. The van der Waals surface area contributed by atoms with E-state index in [1.807, 2.05) is 12.1 Å². The minimum absolute atomic E-state index is 0.671. The molecule has 0 aliphatic carbocycles. The van der Waals surface area contributed by atoms with Crippen LogP contribution in [0.5, 0.6) is 0 Å². The number of rotatable bonds is 4. The molecule has 2 N–H and O–H groups in total. The zero-order chi connectivity index (χ0) is 14.8. The topological polar surface area (TPSA) is 56.7 Å². The van der Waals surface area contributed by atoms with Crippen molar-refractivity contribution in [1.82, 2.24) is 15.0 Å². The molecule has 0 aliphatic heterocycles. The van der Waals surface area contributed by atoms with Crippen LogP contribution in [0.25, 0.3) is 16.7 Å². The van der Waals surface area contributed by atoms with Crippen LogP contribution in [0.2, 0.25) is 0 Å². The maximum atomic E-state index is 5.88. The molecule has 108 valence electrons. The Morgan fingerprint density at radius 2 is 1.76 bits per heavy atom. The molecular formula is C16H17BrN4. The lowest BCUT2D eigenvalue weighted by atomic mass is 10.1. The average Bonchev–Trinajstić information content (AvgIpc) is 2.89. The highest BCUT2D eigenvalue weighted by atomic mass is 79.9. The van der Waals surface area contributed by atoms with Gasteiger partial charge in [0.15, 0.2) is 0 Å². The Hall–Kier alpha value is -1.88. The fourth-order valence-electron chi connectivity index (χ4n) is 2.25. The maximum Gasteiger partial charge on any atom is 0.115 e. The Kier molecular flexibility index (Phi) is 3.92. The molecular weight excluding hydrogens is 328 g/mol. The highest BCUT2D eigenvalue weighted by molar-refractivity contribution is 9.10. The molecule has 0 bridgehead atoms. The Morgan fingerprint density at radius 1 is 1.10 bits per heavy atom. The van der Waals surface area contributed by atoms with E-state index in [1.54, 1.807) is 4.80 Å². The Morgan fingerprint density at radius 3 is 2.43 bits per heavy atom. The number of benzene rings is 2. The number of hydrogen-bond donors (Lipinski definition) is 1. The lowest BCUT2D eigenvalue weighted by Crippen LogP contribution is -1.98. The van der Waals surface area contributed by atoms with Crippen molar-refractivity contribution in [3.05, 3.63) is 46.4 Å². The number of hydrogen-bond acceptors (Lipinski definition) is 3. The zero-order valence-corrected chi connectivity index (χ0v) is 13.5. The van der Waals surface area contributed by atoms with Crippen molar-refractivity contribution in [2.24, 2.45) is 0 Å². The SMILES string of the molecule is CCCCc1ccc(-n2nc3cc(N)c(Br)cc3n2)cc1. The summed E-state index contributed by atoms with van der Waals surface area (Å²) in [5.41, 5.74) is 10.5. The van der Waals surface area contributed by atoms with Crippen molar-refractivity contribution in [1.29, 1.82) is 0 Å². The second-order valence-corrected chi connectivity index (χ2v) is 5.98. The number of aromatic nitrogens is 3. The molecule has 0 unspecified atom stereocenters. The molecule has 0 aliphatic rings. The van der Waals surface area contributed by atoms with Crippen LogP contribution in [-0.2, 0) is 6.42 Å². The first-order valence-electron chi connectivity index (χ1n) is 7.09. The molecule has 0 spiro atoms. The first-order chi connectivity index (χ1) is 10.2. The largest absolute Gasteiger partial charge is 0.398 e. The molecule has 3 aromatic rings. The molecule has 4 nitrogen and oxygen atoms in total. The predicted molar refractivity (Wildman–Crippen MR) is 89.6 cm³/mol. The van der Waals surface area contributed by atoms with Crippen LogP contribution in [0, 0.1) is 0 Å². The van der Waals surface area contributed by atoms with Gasteiger partial charge in [-0.2, -0.15) is 4.80 Å². The van der Waals surface area contributed by atoms with E-state index in [1.165, 1.54) is 18.4 Å². The van der Waals surface area contributed by atoms with Gasteiger partial charge in [0, 0.05) is 10.2 Å². The number of nitrogens with zero attached hydrogens (tertiary/aromatic N) is 3. The number of anilines is 1. The van der Waals surface area contributed by atoms with E-state index in [0.717, 1.165) is 27.6 Å². The molecule has 1 heterocycles. The summed E-state index contributed by atoms with van der Waals surface area (Å²) in [6, 6.07) is 12.1. The lowest BCUT2D eigenvalue weighted by Gasteiger charge is -2.02. The molecule has 2 aromatic carbocycles. The van der Waals surface area contributed by atoms with Gasteiger partial charge in [-0.25, -0.2) is 0 Å². The van der Waals surface area contributed by atoms with Crippen molar-refractivity contribution in [3.8, 4) is 5.69 Å². The molecule has 21 heavy (non-hydrogen) atoms. The van der Waals surface area contributed by atoms with Crippen LogP contribution >= 0.6 is 15.9 Å². The molecule has 0 amide bonds. The van der Waals surface area contributed by atoms with E-state index in [2.05, 4.69) is 57.3 Å². The van der Waals surface area contributed by atoms with Crippen molar-refractivity contribution in [2.75, 3.05) is 5.73 Å². The summed E-state index contributed by atoms with van der Waals surface area (Å²) in [7, 11) is 0. The van der Waals surface area contributed by atoms with Gasteiger partial charge >= 0.3 is 0 Å². The first kappa shape index (κ1) is 14.1. The van der Waals surface area contributed by atoms with Crippen molar-refractivity contribution >= 4 is 32.7 Å². The van der Waals surface area contributed by atoms with E-state index in [9.17, 15) is 0 Å². The minimum atomic E-state index is 0.671. The Bertz CT molecular complexity index is 723. The normalized spacial score (nSPS) is 11.1. The predicted octanol–water partition coefficient (Wildman–Crippen LogP) is 4.11. The average molecular weight is 345 g/mol. The number of unbranched alkanes of at least 4 members (excludes halogenated alkanes) is 1. The van der Waals surface area contributed by atoms with Gasteiger partial charge in [0.2, 0.25) is 0 Å². The van der Waals surface area contributed by atoms with Crippen LogP contribution in [0.3, 0.4) is 0 Å². The summed E-state index contributed by atoms with van der Waals surface area (Å²) < 4.78 is 0.844. The Labute approximate surface area is 132 Å². The monoisotopic (exact) mass is 344 g/mol. The third-order valence-corrected chi connectivity index (χ3v) is 4.17. The fourth-order valence-corrected chi connectivity index (χ4v) is 2.58. The van der Waals surface area contributed by atoms with Crippen molar-refractivity contribution in [2.45, 2.75) is 26.2 Å². The molecule has 0 saturated carbocycles. The maximum absolute atomic E-state index is 5.88. The molecule has 5 heteroatoms. The molecule has 1 aromatic heterocycles. The summed E-state index contributed by atoms with van der Waals surface area (Å²) in [5.74, 6) is 0. The summed E-state index contributed by atoms with van der Waals surface area (Å²) in [6.07, 6.45) is 3.55. The number of fused-ring (bicyclic) bond motifs is 1. The van der Waals surface area contributed by atoms with Crippen LogP contribution in [0.15, 0.2) is 40.9 Å². The summed E-state index contributed by atoms with van der Waals surface area (Å²) in [4.78, 5) is 1.65. The quantitative estimate of drug-likeness (QED) is 0.724. The van der Waals surface area contributed by atoms with E-state index in [-0.39, 0.29) is 0 Å². The molecule has 0 atom stereocenters. The summed E-state index contributed by atoms with van der Waals surface area (Å²) in [6.45, 7) is 2.21. The third-order valence-electron chi connectivity index (χ3n) is 3.49. The number of nitrogens with two attached hydrogens (primary N) is 1. The number of nitrogen functional groups attached to an aromatic ring is 1. The van der Waals surface area contributed by atoms with Crippen LogP contribution in [0.1, 0.15) is 25.3 Å². The highest BCUT2D eigenvalue weighted by Crippen LogP contribution is 2.24. The van der Waals surface area contributed by atoms with Gasteiger partial charge < -0.3 is 5.73 Å². The molecule has 0 saturated heterocycles. The van der Waals surface area contributed by atoms with Gasteiger partial charge in [0.1, 0.15) is 11.0 Å². The zero-order valence-electron chi connectivity index (χ0n) is 11.9. The first-order valence-corrected chi connectivity index (χ1v) is 7.88. The van der Waals surface area contributed by atoms with Gasteiger partial charge in [0.25, 0.3) is 0 Å². The number of aryl methyl sites for hydroxylation is 1. The minimum Gasteiger partial charge on any atom is -0.398 e. The van der Waals surface area contributed by atoms with Crippen molar-refractivity contribution < 1.29 is 0 Å². The van der Waals surface area contributed by atoms with E-state index >= 15 is 0 Å². The van der Waals surface area contributed by atoms with E-state index < -0.39 is 0 Å². The van der Waals surface area contributed by atoms with Gasteiger partial charge in [-0.15, -0.1) is 10.2 Å². The molecule has 0 fully saturated rings. The fraction of sp³-hybridized carbons (Fsp3) is 0.250. The van der Waals surface area contributed by atoms with E-state index in [0.29, 0.717) is 5.69 Å². The van der Waals surface area contributed by atoms with E-state index in [4.69, 9.17) is 5.73 Å². The summed E-state index contributed by atoms with van der Waals surface area (Å²) >= 11 is 3.41. The van der Waals surface area contributed by atoms with Gasteiger partial charge in [-0.1, -0.05) is 25.5 Å². The standard InChI is InChI=1S/C16H17BrN4/c1-2-3-4-11-5-7-12(8-6-11)21-19-15-9-13(17)14(18)10-16(15)20-21/h5-10H,2-4,18H2,1H3. The second kappa shape index (κ2) is 5.85. The highest BCUT2D eigenvalue weighted by Gasteiger charge is 2.07. The molecule has 3 rings (SSSR count). The van der Waals surface area contributed by atoms with Gasteiger partial charge in [-0.05, 0) is 58.6 Å². The lowest BCUT2D eigenvalue weighted by molar-refractivity contribution is 0.762. The smallest absolute Gasteiger partial charge is 0.115 e. The van der Waals surface area contributed by atoms with Crippen LogP contribution in [-0.4, -0.2) is 15.0 Å². The molecule has 0 radical (unpaired) electrons. The number of halogens is 1. The Balaban J connectivity index is 1.92. The van der Waals surface area contributed by atoms with Gasteiger partial charge in [0.05, 0.1) is 5.69 Å².